The summed E-state index contributed by atoms with van der Waals surface area (Å²) in [5.74, 6) is -0.199. The van der Waals surface area contributed by atoms with Gasteiger partial charge in [0, 0.05) is 10.4 Å². The first-order chi connectivity index (χ1) is 16.7. The van der Waals surface area contributed by atoms with Gasteiger partial charge in [-0.05, 0) is 69.7 Å². The van der Waals surface area contributed by atoms with Gasteiger partial charge in [0.25, 0.3) is 11.8 Å². The number of aryl methyl sites for hydroxylation is 1. The number of esters is 1. The van der Waals surface area contributed by atoms with E-state index in [2.05, 4.69) is 10.6 Å². The molecule has 3 aromatic rings. The van der Waals surface area contributed by atoms with Crippen molar-refractivity contribution >= 4 is 39.8 Å². The molecule has 0 bridgehead atoms. The number of anilines is 2. The molecule has 0 saturated heterocycles. The van der Waals surface area contributed by atoms with Crippen LogP contribution in [0.4, 0.5) is 10.7 Å². The zero-order valence-corrected chi connectivity index (χ0v) is 21.1. The van der Waals surface area contributed by atoms with Crippen LogP contribution in [-0.2, 0) is 9.53 Å². The van der Waals surface area contributed by atoms with Crippen molar-refractivity contribution in [1.82, 2.24) is 0 Å². The number of nitrogens with one attached hydrogen (secondary N) is 2. The van der Waals surface area contributed by atoms with E-state index in [1.54, 1.807) is 56.3 Å². The molecule has 2 aromatic carbocycles. The lowest BCUT2D eigenvalue weighted by molar-refractivity contribution is -0.122. The number of benzene rings is 2. The van der Waals surface area contributed by atoms with E-state index in [0.29, 0.717) is 33.3 Å². The zero-order valence-electron chi connectivity index (χ0n) is 20.3. The summed E-state index contributed by atoms with van der Waals surface area (Å²) in [5.41, 5.74) is 2.08. The first-order valence-electron chi connectivity index (χ1n) is 11.0. The van der Waals surface area contributed by atoms with Crippen molar-refractivity contribution in [3.63, 3.8) is 0 Å². The van der Waals surface area contributed by atoms with Crippen LogP contribution in [-0.4, -0.2) is 37.6 Å². The summed E-state index contributed by atoms with van der Waals surface area (Å²) in [6, 6.07) is 13.5. The lowest BCUT2D eigenvalue weighted by Crippen LogP contribution is -2.30. The van der Waals surface area contributed by atoms with Crippen molar-refractivity contribution in [2.24, 2.45) is 0 Å². The number of methoxy groups -OCH3 is 1. The Labute approximate surface area is 208 Å². The van der Waals surface area contributed by atoms with E-state index < -0.39 is 12.1 Å². The highest BCUT2D eigenvalue weighted by molar-refractivity contribution is 7.16. The van der Waals surface area contributed by atoms with E-state index >= 15 is 0 Å². The monoisotopic (exact) mass is 496 g/mol. The van der Waals surface area contributed by atoms with E-state index in [4.69, 9.17) is 14.2 Å². The highest BCUT2D eigenvalue weighted by Crippen LogP contribution is 2.33. The maximum atomic E-state index is 12.8. The van der Waals surface area contributed by atoms with Crippen LogP contribution in [0.25, 0.3) is 0 Å². The molecule has 0 fully saturated rings. The molecule has 8 nitrogen and oxygen atoms in total. The van der Waals surface area contributed by atoms with Gasteiger partial charge in [0.15, 0.2) is 6.10 Å². The fraction of sp³-hybridized carbons (Fsp3) is 0.269. The van der Waals surface area contributed by atoms with Crippen molar-refractivity contribution in [2.75, 3.05) is 24.4 Å². The molecule has 9 heteroatoms. The van der Waals surface area contributed by atoms with Gasteiger partial charge in [0.1, 0.15) is 16.5 Å². The van der Waals surface area contributed by atoms with Crippen LogP contribution >= 0.6 is 11.3 Å². The standard InChI is InChI=1S/C26H28N2O6S/c1-6-33-26(31)22-15(2)17(4)35-25(22)28-24(30)18-11-13-19(14-12-18)34-16(3)23(29)27-20-9-7-8-10-21(20)32-5/h7-14,16H,6H2,1-5H3,(H,27,29)(H,28,30)/t16-/m0/s1. The Morgan fingerprint density at radius 2 is 1.69 bits per heavy atom. The van der Waals surface area contributed by atoms with Gasteiger partial charge < -0.3 is 24.8 Å². The van der Waals surface area contributed by atoms with Gasteiger partial charge in [-0.15, -0.1) is 11.3 Å². The molecule has 35 heavy (non-hydrogen) atoms. The first kappa shape index (κ1) is 25.8. The number of ether oxygens (including phenoxy) is 3. The molecule has 0 aliphatic carbocycles. The van der Waals surface area contributed by atoms with Crippen molar-refractivity contribution in [2.45, 2.75) is 33.8 Å². The van der Waals surface area contributed by atoms with Gasteiger partial charge in [-0.25, -0.2) is 4.79 Å². The summed E-state index contributed by atoms with van der Waals surface area (Å²) >= 11 is 1.33. The van der Waals surface area contributed by atoms with Crippen LogP contribution in [0.2, 0.25) is 0 Å². The van der Waals surface area contributed by atoms with Gasteiger partial charge in [0.05, 0.1) is 25.0 Å². The molecule has 3 rings (SSSR count). The molecule has 2 amide bonds. The predicted molar refractivity (Wildman–Crippen MR) is 136 cm³/mol. The third kappa shape index (κ3) is 6.19. The Kier molecular flexibility index (Phi) is 8.48. The molecule has 1 atom stereocenters. The molecule has 1 heterocycles. The van der Waals surface area contributed by atoms with E-state index in [1.807, 2.05) is 19.9 Å². The normalized spacial score (nSPS) is 11.3. The molecule has 184 valence electrons. The van der Waals surface area contributed by atoms with Gasteiger partial charge >= 0.3 is 5.97 Å². The average molecular weight is 497 g/mol. The maximum Gasteiger partial charge on any atom is 0.341 e. The summed E-state index contributed by atoms with van der Waals surface area (Å²) in [5, 5.41) is 6.03. The van der Waals surface area contributed by atoms with Crippen LogP contribution < -0.4 is 20.1 Å². The molecular weight excluding hydrogens is 468 g/mol. The molecule has 2 N–H and O–H groups in total. The smallest absolute Gasteiger partial charge is 0.341 e. The molecular formula is C26H28N2O6S. The summed E-state index contributed by atoms with van der Waals surface area (Å²) in [6.45, 7) is 7.32. The van der Waals surface area contributed by atoms with Crippen LogP contribution in [0.15, 0.2) is 48.5 Å². The molecule has 1 aromatic heterocycles. The fourth-order valence-corrected chi connectivity index (χ4v) is 4.31. The van der Waals surface area contributed by atoms with Gasteiger partial charge in [-0.3, -0.25) is 9.59 Å². The van der Waals surface area contributed by atoms with Crippen molar-refractivity contribution < 1.29 is 28.6 Å². The van der Waals surface area contributed by atoms with Crippen molar-refractivity contribution in [3.05, 3.63) is 70.1 Å². The van der Waals surface area contributed by atoms with Crippen molar-refractivity contribution in [1.29, 1.82) is 0 Å². The quantitative estimate of drug-likeness (QED) is 0.394. The van der Waals surface area contributed by atoms with Crippen LogP contribution in [0.1, 0.15) is 45.0 Å². The SMILES string of the molecule is CCOC(=O)c1c(NC(=O)c2ccc(O[C@@H](C)C(=O)Nc3ccccc3OC)cc2)sc(C)c1C. The second kappa shape index (κ2) is 11.5. The van der Waals surface area contributed by atoms with Gasteiger partial charge in [-0.2, -0.15) is 0 Å². The summed E-state index contributed by atoms with van der Waals surface area (Å²) in [4.78, 5) is 38.6. The molecule has 0 spiro atoms. The van der Waals surface area contributed by atoms with Crippen LogP contribution in [0.5, 0.6) is 11.5 Å². The Balaban J connectivity index is 1.65. The van der Waals surface area contributed by atoms with E-state index in [0.717, 1.165) is 10.4 Å². The number of amides is 2. The number of carbonyl (C=O) groups is 3. The maximum absolute atomic E-state index is 12.8. The lowest BCUT2D eigenvalue weighted by Gasteiger charge is -2.16. The minimum atomic E-state index is -0.788. The second-order valence-electron chi connectivity index (χ2n) is 7.64. The number of hydrogen-bond acceptors (Lipinski definition) is 7. The number of hydrogen-bond donors (Lipinski definition) is 2. The van der Waals surface area contributed by atoms with E-state index in [1.165, 1.54) is 18.4 Å². The Hall–Kier alpha value is -3.85. The Morgan fingerprint density at radius 3 is 2.34 bits per heavy atom. The van der Waals surface area contributed by atoms with Gasteiger partial charge in [-0.1, -0.05) is 12.1 Å². The van der Waals surface area contributed by atoms with Gasteiger partial charge in [0.2, 0.25) is 0 Å². The third-order valence-corrected chi connectivity index (χ3v) is 6.38. The molecule has 0 aliphatic rings. The number of carbonyl (C=O) groups excluding carboxylic acids is 3. The average Bonchev–Trinajstić information content (AvgIpc) is 3.12. The topological polar surface area (TPSA) is 103 Å². The molecule has 0 aliphatic heterocycles. The largest absolute Gasteiger partial charge is 0.495 e. The summed E-state index contributed by atoms with van der Waals surface area (Å²) < 4.78 is 16.1. The molecule has 0 unspecified atom stereocenters. The zero-order chi connectivity index (χ0) is 25.5. The minimum absolute atomic E-state index is 0.247. The summed E-state index contributed by atoms with van der Waals surface area (Å²) in [7, 11) is 1.53. The van der Waals surface area contributed by atoms with E-state index in [-0.39, 0.29) is 18.4 Å². The Morgan fingerprint density at radius 1 is 1.00 bits per heavy atom. The first-order valence-corrected chi connectivity index (χ1v) is 11.9. The van der Waals surface area contributed by atoms with E-state index in [9.17, 15) is 14.4 Å². The van der Waals surface area contributed by atoms with Crippen LogP contribution in [0.3, 0.4) is 0 Å². The number of para-hydroxylation sites is 2. The molecule has 0 radical (unpaired) electrons. The second-order valence-corrected chi connectivity index (χ2v) is 8.86. The lowest BCUT2D eigenvalue weighted by atomic mass is 10.1. The molecule has 0 saturated carbocycles. The third-order valence-electron chi connectivity index (χ3n) is 5.26. The highest BCUT2D eigenvalue weighted by atomic mass is 32.1. The Bertz CT molecular complexity index is 1220. The van der Waals surface area contributed by atoms with Crippen molar-refractivity contribution in [3.8, 4) is 11.5 Å². The van der Waals surface area contributed by atoms with Crippen LogP contribution in [0, 0.1) is 13.8 Å². The fourth-order valence-electron chi connectivity index (χ4n) is 3.26. The number of thiophene rings is 1. The minimum Gasteiger partial charge on any atom is -0.495 e. The highest BCUT2D eigenvalue weighted by Gasteiger charge is 2.23. The predicted octanol–water partition coefficient (Wildman–Crippen LogP) is 5.21. The number of rotatable bonds is 9. The summed E-state index contributed by atoms with van der Waals surface area (Å²) in [6.07, 6.45) is -0.788.